The normalized spacial score (nSPS) is 11.2. The minimum atomic E-state index is -1.02. The van der Waals surface area contributed by atoms with Gasteiger partial charge < -0.3 is 40.1 Å². The molecule has 0 saturated carbocycles. The predicted octanol–water partition coefficient (Wildman–Crippen LogP) is 5.95. The lowest BCUT2D eigenvalue weighted by atomic mass is 10.0. The van der Waals surface area contributed by atoms with E-state index in [1.165, 1.54) is 11.6 Å². The maximum absolute atomic E-state index is 12.8. The number of aldehydes is 2. The molecule has 3 amide bonds. The Morgan fingerprint density at radius 2 is 1.43 bits per heavy atom. The van der Waals surface area contributed by atoms with Crippen LogP contribution < -0.4 is 35.3 Å². The third-order valence-corrected chi connectivity index (χ3v) is 8.95. The van der Waals surface area contributed by atoms with Crippen molar-refractivity contribution >= 4 is 30.3 Å². The van der Waals surface area contributed by atoms with E-state index >= 15 is 0 Å². The van der Waals surface area contributed by atoms with Crippen LogP contribution in [-0.4, -0.2) is 70.3 Å². The number of nitrogens with two attached hydrogens (primary N) is 1. The lowest BCUT2D eigenvalue weighted by molar-refractivity contribution is -0.123. The summed E-state index contributed by atoms with van der Waals surface area (Å²) < 4.78 is 22.3. The van der Waals surface area contributed by atoms with Gasteiger partial charge in [-0.2, -0.15) is 0 Å². The third kappa shape index (κ3) is 15.3. The van der Waals surface area contributed by atoms with E-state index in [1.54, 1.807) is 26.4 Å². The Bertz CT molecular complexity index is 1640. The van der Waals surface area contributed by atoms with Crippen molar-refractivity contribution in [3.8, 4) is 23.0 Å². The fraction of sp³-hybridized carbons (Fsp3) is 0.452. The summed E-state index contributed by atoms with van der Waals surface area (Å²) in [5.74, 6) is 0.904. The predicted molar refractivity (Wildman–Crippen MR) is 207 cm³/mol. The lowest BCUT2D eigenvalue weighted by Crippen LogP contribution is -2.44. The van der Waals surface area contributed by atoms with Crippen LogP contribution in [0.2, 0.25) is 0 Å². The highest BCUT2D eigenvalue weighted by molar-refractivity contribution is 6.04. The molecule has 0 spiro atoms. The average Bonchev–Trinajstić information content (AvgIpc) is 3.18. The summed E-state index contributed by atoms with van der Waals surface area (Å²) in [6, 6.07) is 17.5. The Hall–Kier alpha value is -5.39. The molecular formula is C42H55N3O9. The zero-order chi connectivity index (χ0) is 39.0. The van der Waals surface area contributed by atoms with Gasteiger partial charge in [0.05, 0.1) is 32.0 Å². The van der Waals surface area contributed by atoms with E-state index < -0.39 is 17.9 Å². The van der Waals surface area contributed by atoms with E-state index in [-0.39, 0.29) is 36.5 Å². The molecule has 0 aliphatic rings. The summed E-state index contributed by atoms with van der Waals surface area (Å²) in [4.78, 5) is 59.2. The van der Waals surface area contributed by atoms with Gasteiger partial charge in [0, 0.05) is 13.0 Å². The number of aryl methyl sites for hydroxylation is 2. The summed E-state index contributed by atoms with van der Waals surface area (Å²) in [5, 5.41) is 5.44. The van der Waals surface area contributed by atoms with E-state index in [0.717, 1.165) is 87.7 Å². The van der Waals surface area contributed by atoms with Crippen LogP contribution in [0.15, 0.2) is 60.7 Å². The molecular weight excluding hydrogens is 690 g/mol. The number of ether oxygens (including phenoxy) is 4. The van der Waals surface area contributed by atoms with Crippen molar-refractivity contribution in [2.24, 2.45) is 5.73 Å². The fourth-order valence-electron chi connectivity index (χ4n) is 5.97. The van der Waals surface area contributed by atoms with Crippen LogP contribution in [0.4, 0.5) is 0 Å². The van der Waals surface area contributed by atoms with E-state index in [4.69, 9.17) is 24.7 Å². The Morgan fingerprint density at radius 3 is 2.11 bits per heavy atom. The van der Waals surface area contributed by atoms with Crippen LogP contribution in [0, 0.1) is 0 Å². The minimum Gasteiger partial charge on any atom is -0.493 e. The van der Waals surface area contributed by atoms with E-state index in [1.807, 2.05) is 30.3 Å². The zero-order valence-electron chi connectivity index (χ0n) is 31.6. The molecule has 3 aromatic carbocycles. The van der Waals surface area contributed by atoms with Crippen LogP contribution in [0.3, 0.4) is 0 Å². The second-order valence-corrected chi connectivity index (χ2v) is 13.0. The molecule has 0 fully saturated rings. The number of hydrogen-bond acceptors (Lipinski definition) is 9. The van der Waals surface area contributed by atoms with Gasteiger partial charge in [0.15, 0.2) is 24.4 Å². The first-order valence-corrected chi connectivity index (χ1v) is 18.7. The van der Waals surface area contributed by atoms with Crippen molar-refractivity contribution in [1.82, 2.24) is 10.6 Å². The third-order valence-electron chi connectivity index (χ3n) is 8.95. The number of hydrogen-bond donors (Lipinski definition) is 3. The largest absolute Gasteiger partial charge is 0.493 e. The Balaban J connectivity index is 1.22. The van der Waals surface area contributed by atoms with Crippen LogP contribution in [0.1, 0.15) is 102 Å². The highest BCUT2D eigenvalue weighted by atomic mass is 16.5. The van der Waals surface area contributed by atoms with Crippen molar-refractivity contribution in [2.45, 2.75) is 89.5 Å². The highest BCUT2D eigenvalue weighted by Crippen LogP contribution is 2.28. The van der Waals surface area contributed by atoms with Gasteiger partial charge in [-0.1, -0.05) is 62.8 Å². The molecule has 12 nitrogen and oxygen atoms in total. The van der Waals surface area contributed by atoms with E-state index in [2.05, 4.69) is 22.8 Å². The number of carbonyl (C=O) groups is 5. The molecule has 0 bridgehead atoms. The van der Waals surface area contributed by atoms with E-state index in [9.17, 15) is 24.0 Å². The standard InChI is InChI=1S/C42H55N3O9/c1-51-38-23-22-32(28-39(38)52-2)16-11-15-31-17-12-18-33(27-31)54-30-40(48)44-24-9-7-5-3-4-6-8-10-26-53-37-21-13-19-34(35(37)29-47)42(50)45-36(41(43)49)20-14-25-46/h12-13,17-19,21-23,25,27-29,36H,3-11,14-16,20,24,26,30H2,1-2H3,(H2,43,49)(H,44,48)(H,45,50). The molecule has 0 aromatic heterocycles. The lowest BCUT2D eigenvalue weighted by Gasteiger charge is -2.16. The molecule has 1 atom stereocenters. The molecule has 1 unspecified atom stereocenters. The summed E-state index contributed by atoms with van der Waals surface area (Å²) in [7, 11) is 3.27. The van der Waals surface area contributed by atoms with Gasteiger partial charge in [-0.25, -0.2) is 0 Å². The van der Waals surface area contributed by atoms with Crippen molar-refractivity contribution in [3.63, 3.8) is 0 Å². The quantitative estimate of drug-likeness (QED) is 0.0600. The monoisotopic (exact) mass is 745 g/mol. The average molecular weight is 746 g/mol. The first-order valence-electron chi connectivity index (χ1n) is 18.7. The fourth-order valence-corrected chi connectivity index (χ4v) is 5.97. The second kappa shape index (κ2) is 24.8. The molecule has 3 aromatic rings. The minimum absolute atomic E-state index is 0.0170. The molecule has 12 heteroatoms. The van der Waals surface area contributed by atoms with Crippen molar-refractivity contribution in [3.05, 3.63) is 82.9 Å². The summed E-state index contributed by atoms with van der Waals surface area (Å²) in [6.07, 6.45) is 12.1. The Labute approximate surface area is 318 Å². The first-order chi connectivity index (χ1) is 26.3. The molecule has 292 valence electrons. The maximum atomic E-state index is 12.8. The number of rotatable bonds is 28. The van der Waals surface area contributed by atoms with Crippen LogP contribution in [-0.2, 0) is 27.2 Å². The highest BCUT2D eigenvalue weighted by Gasteiger charge is 2.22. The number of carbonyl (C=O) groups excluding carboxylic acids is 5. The van der Waals surface area contributed by atoms with Gasteiger partial charge >= 0.3 is 0 Å². The Kier molecular flexibility index (Phi) is 19.7. The molecule has 0 aliphatic carbocycles. The number of methoxy groups -OCH3 is 2. The molecule has 4 N–H and O–H groups in total. The van der Waals surface area contributed by atoms with E-state index in [0.29, 0.717) is 37.2 Å². The number of primary amides is 1. The SMILES string of the molecule is COc1ccc(CCCc2cccc(OCC(=O)NCCCCCCCCCCOc3cccc(C(=O)NC(CCC=O)C(N)=O)c3C=O)c2)cc1OC. The zero-order valence-corrected chi connectivity index (χ0v) is 31.6. The molecule has 0 radical (unpaired) electrons. The van der Waals surface area contributed by atoms with Crippen LogP contribution in [0.5, 0.6) is 23.0 Å². The molecule has 0 aliphatic heterocycles. The van der Waals surface area contributed by atoms with Crippen molar-refractivity contribution in [2.75, 3.05) is 34.0 Å². The first kappa shape index (κ1) is 43.0. The van der Waals surface area contributed by atoms with Gasteiger partial charge in [0.2, 0.25) is 5.91 Å². The van der Waals surface area contributed by atoms with Gasteiger partial charge in [-0.15, -0.1) is 0 Å². The topological polar surface area (TPSA) is 172 Å². The molecule has 3 rings (SSSR count). The number of amides is 3. The maximum Gasteiger partial charge on any atom is 0.257 e. The van der Waals surface area contributed by atoms with Gasteiger partial charge in [-0.05, 0) is 86.1 Å². The van der Waals surface area contributed by atoms with Crippen LogP contribution in [0.25, 0.3) is 0 Å². The van der Waals surface area contributed by atoms with Crippen LogP contribution >= 0.6 is 0 Å². The van der Waals surface area contributed by atoms with Gasteiger partial charge in [0.1, 0.15) is 23.8 Å². The number of nitrogens with one attached hydrogen (secondary N) is 2. The molecule has 54 heavy (non-hydrogen) atoms. The summed E-state index contributed by atoms with van der Waals surface area (Å²) in [6.45, 7) is 0.996. The van der Waals surface area contributed by atoms with Crippen molar-refractivity contribution < 1.29 is 42.9 Å². The van der Waals surface area contributed by atoms with Gasteiger partial charge in [0.25, 0.3) is 11.8 Å². The number of benzene rings is 3. The summed E-state index contributed by atoms with van der Waals surface area (Å²) in [5.41, 5.74) is 7.85. The molecule has 0 heterocycles. The number of unbranched alkanes of at least 4 members (excludes halogenated alkanes) is 7. The molecule has 0 saturated heterocycles. The summed E-state index contributed by atoms with van der Waals surface area (Å²) >= 11 is 0. The van der Waals surface area contributed by atoms with Gasteiger partial charge in [-0.3, -0.25) is 19.2 Å². The van der Waals surface area contributed by atoms with Crippen molar-refractivity contribution in [1.29, 1.82) is 0 Å². The Morgan fingerprint density at radius 1 is 0.741 bits per heavy atom. The second-order valence-electron chi connectivity index (χ2n) is 13.0. The smallest absolute Gasteiger partial charge is 0.257 e.